The van der Waals surface area contributed by atoms with Crippen molar-refractivity contribution >= 4 is 22.6 Å². The number of pyridine rings is 1. The average Bonchev–Trinajstić information content (AvgIpc) is 2.68. The van der Waals surface area contributed by atoms with Crippen LogP contribution in [0.1, 0.15) is 43.2 Å². The standard InChI is InChI=1S/C21H24N4O/c1-15-17-9-5-6-10-19(17)23-21(18(15)13-22)24-11-12-25(20(26)14-24)16-7-3-2-4-8-16/h5-6,9-10,16H,2-4,7-8,11-12,14H2,1H3. The molecule has 2 heterocycles. The monoisotopic (exact) mass is 348 g/mol. The van der Waals surface area contributed by atoms with Gasteiger partial charge >= 0.3 is 0 Å². The lowest BCUT2D eigenvalue weighted by molar-refractivity contribution is -0.134. The number of para-hydroxylation sites is 1. The molecule has 1 aliphatic heterocycles. The Morgan fingerprint density at radius 2 is 1.92 bits per heavy atom. The van der Waals surface area contributed by atoms with Crippen molar-refractivity contribution in [3.63, 3.8) is 0 Å². The van der Waals surface area contributed by atoms with Gasteiger partial charge in [-0.2, -0.15) is 5.26 Å². The van der Waals surface area contributed by atoms with Gasteiger partial charge in [-0.3, -0.25) is 4.79 Å². The molecule has 1 saturated carbocycles. The zero-order chi connectivity index (χ0) is 18.1. The number of fused-ring (bicyclic) bond motifs is 1. The summed E-state index contributed by atoms with van der Waals surface area (Å²) in [6.07, 6.45) is 5.99. The summed E-state index contributed by atoms with van der Waals surface area (Å²) in [5, 5.41) is 10.7. The molecule has 26 heavy (non-hydrogen) atoms. The van der Waals surface area contributed by atoms with E-state index in [2.05, 4.69) is 11.0 Å². The van der Waals surface area contributed by atoms with Crippen LogP contribution in [0.3, 0.4) is 0 Å². The molecule has 1 aromatic heterocycles. The van der Waals surface area contributed by atoms with Gasteiger partial charge in [-0.25, -0.2) is 4.98 Å². The molecule has 2 fully saturated rings. The van der Waals surface area contributed by atoms with E-state index in [0.717, 1.165) is 42.4 Å². The van der Waals surface area contributed by atoms with Crippen LogP contribution < -0.4 is 4.90 Å². The van der Waals surface area contributed by atoms with Gasteiger partial charge in [0.1, 0.15) is 11.9 Å². The van der Waals surface area contributed by atoms with Crippen LogP contribution in [0.4, 0.5) is 5.82 Å². The molecule has 134 valence electrons. The highest BCUT2D eigenvalue weighted by atomic mass is 16.2. The summed E-state index contributed by atoms with van der Waals surface area (Å²) in [7, 11) is 0. The van der Waals surface area contributed by atoms with Crippen molar-refractivity contribution < 1.29 is 4.79 Å². The van der Waals surface area contributed by atoms with Gasteiger partial charge in [0.05, 0.1) is 17.6 Å². The van der Waals surface area contributed by atoms with Crippen molar-refractivity contribution in [3.8, 4) is 6.07 Å². The number of nitrogens with zero attached hydrogens (tertiary/aromatic N) is 4. The van der Waals surface area contributed by atoms with Gasteiger partial charge in [0.25, 0.3) is 0 Å². The summed E-state index contributed by atoms with van der Waals surface area (Å²) >= 11 is 0. The fourth-order valence-electron chi connectivity index (χ4n) is 4.37. The smallest absolute Gasteiger partial charge is 0.242 e. The van der Waals surface area contributed by atoms with Crippen LogP contribution >= 0.6 is 0 Å². The van der Waals surface area contributed by atoms with Gasteiger partial charge < -0.3 is 9.80 Å². The first-order valence-electron chi connectivity index (χ1n) is 9.53. The predicted octanol–water partition coefficient (Wildman–Crippen LogP) is 3.40. The second kappa shape index (κ2) is 6.95. The van der Waals surface area contributed by atoms with Crippen LogP contribution in [0.25, 0.3) is 10.9 Å². The molecule has 0 unspecified atom stereocenters. The normalized spacial score (nSPS) is 19.0. The molecule has 5 heteroatoms. The number of aromatic nitrogens is 1. The highest BCUT2D eigenvalue weighted by Gasteiger charge is 2.32. The topological polar surface area (TPSA) is 60.2 Å². The number of hydrogen-bond donors (Lipinski definition) is 0. The highest BCUT2D eigenvalue weighted by Crippen LogP contribution is 2.30. The molecule has 0 spiro atoms. The number of nitriles is 1. The minimum absolute atomic E-state index is 0.166. The van der Waals surface area contributed by atoms with Gasteiger partial charge in [0, 0.05) is 24.5 Å². The Labute approximate surface area is 154 Å². The van der Waals surface area contributed by atoms with E-state index < -0.39 is 0 Å². The maximum Gasteiger partial charge on any atom is 0.242 e. The molecule has 0 N–H and O–H groups in total. The third kappa shape index (κ3) is 2.90. The van der Waals surface area contributed by atoms with Crippen LogP contribution in [0.2, 0.25) is 0 Å². The fourth-order valence-corrected chi connectivity index (χ4v) is 4.37. The summed E-state index contributed by atoms with van der Waals surface area (Å²) in [5.74, 6) is 0.819. The number of aryl methyl sites for hydroxylation is 1. The van der Waals surface area contributed by atoms with Crippen molar-refractivity contribution in [1.29, 1.82) is 5.26 Å². The summed E-state index contributed by atoms with van der Waals surface area (Å²) in [6.45, 7) is 3.74. The molecule has 2 aliphatic rings. The van der Waals surface area contributed by atoms with Crippen molar-refractivity contribution in [2.75, 3.05) is 24.5 Å². The van der Waals surface area contributed by atoms with E-state index in [1.54, 1.807) is 0 Å². The highest BCUT2D eigenvalue weighted by molar-refractivity contribution is 5.89. The van der Waals surface area contributed by atoms with Gasteiger partial charge in [-0.1, -0.05) is 37.5 Å². The zero-order valence-corrected chi connectivity index (χ0v) is 15.2. The molecule has 0 bridgehead atoms. The lowest BCUT2D eigenvalue weighted by Crippen LogP contribution is -2.54. The lowest BCUT2D eigenvalue weighted by atomic mass is 9.93. The summed E-state index contributed by atoms with van der Waals surface area (Å²) in [4.78, 5) is 21.6. The van der Waals surface area contributed by atoms with Crippen LogP contribution in [0.15, 0.2) is 24.3 Å². The van der Waals surface area contributed by atoms with Crippen molar-refractivity contribution in [2.24, 2.45) is 0 Å². The largest absolute Gasteiger partial charge is 0.344 e. The van der Waals surface area contributed by atoms with E-state index in [1.807, 2.05) is 36.1 Å². The van der Waals surface area contributed by atoms with E-state index in [0.29, 0.717) is 24.0 Å². The molecule has 0 radical (unpaired) electrons. The van der Waals surface area contributed by atoms with E-state index >= 15 is 0 Å². The van der Waals surface area contributed by atoms with Gasteiger partial charge in [-0.05, 0) is 31.4 Å². The molecule has 1 aliphatic carbocycles. The Bertz CT molecular complexity index is 879. The first-order valence-corrected chi connectivity index (χ1v) is 9.53. The molecular weight excluding hydrogens is 324 g/mol. The number of benzene rings is 1. The molecule has 5 nitrogen and oxygen atoms in total. The summed E-state index contributed by atoms with van der Waals surface area (Å²) in [6, 6.07) is 10.6. The van der Waals surface area contributed by atoms with Crippen molar-refractivity contribution in [2.45, 2.75) is 45.1 Å². The number of piperazine rings is 1. The lowest BCUT2D eigenvalue weighted by Gasteiger charge is -2.41. The first kappa shape index (κ1) is 16.8. The third-order valence-corrected chi connectivity index (χ3v) is 5.82. The number of rotatable bonds is 2. The van der Waals surface area contributed by atoms with E-state index in [-0.39, 0.29) is 5.91 Å². The van der Waals surface area contributed by atoms with E-state index in [1.165, 1.54) is 19.3 Å². The van der Waals surface area contributed by atoms with Crippen LogP contribution in [0, 0.1) is 18.3 Å². The SMILES string of the molecule is Cc1c(C#N)c(N2CCN(C3CCCCC3)C(=O)C2)nc2ccccc12. The first-order chi connectivity index (χ1) is 12.7. The Morgan fingerprint density at radius 3 is 2.65 bits per heavy atom. The molecule has 1 aromatic carbocycles. The van der Waals surface area contributed by atoms with Crippen molar-refractivity contribution in [3.05, 3.63) is 35.4 Å². The Balaban J connectivity index is 1.63. The Kier molecular flexibility index (Phi) is 4.50. The van der Waals surface area contributed by atoms with E-state index in [4.69, 9.17) is 4.98 Å². The number of carbonyl (C=O) groups is 1. The minimum Gasteiger partial charge on any atom is -0.344 e. The average molecular weight is 348 g/mol. The number of hydrogen-bond acceptors (Lipinski definition) is 4. The number of anilines is 1. The Hall–Kier alpha value is -2.61. The van der Waals surface area contributed by atoms with Crippen LogP contribution in [-0.2, 0) is 4.79 Å². The number of amides is 1. The quantitative estimate of drug-likeness (QED) is 0.834. The van der Waals surface area contributed by atoms with E-state index in [9.17, 15) is 10.1 Å². The van der Waals surface area contributed by atoms with Crippen LogP contribution in [0.5, 0.6) is 0 Å². The maximum atomic E-state index is 12.8. The molecule has 1 saturated heterocycles. The zero-order valence-electron chi connectivity index (χ0n) is 15.2. The van der Waals surface area contributed by atoms with Gasteiger partial charge in [0.15, 0.2) is 0 Å². The van der Waals surface area contributed by atoms with Crippen LogP contribution in [-0.4, -0.2) is 41.5 Å². The minimum atomic E-state index is 0.166. The Morgan fingerprint density at radius 1 is 1.15 bits per heavy atom. The second-order valence-electron chi connectivity index (χ2n) is 7.36. The summed E-state index contributed by atoms with van der Waals surface area (Å²) in [5.41, 5.74) is 2.40. The molecule has 4 rings (SSSR count). The van der Waals surface area contributed by atoms with Gasteiger partial charge in [0.2, 0.25) is 5.91 Å². The van der Waals surface area contributed by atoms with Gasteiger partial charge in [-0.15, -0.1) is 0 Å². The predicted molar refractivity (Wildman–Crippen MR) is 102 cm³/mol. The molecular formula is C21H24N4O. The fraction of sp³-hybridized carbons (Fsp3) is 0.476. The number of carbonyl (C=O) groups excluding carboxylic acids is 1. The van der Waals surface area contributed by atoms with Crippen molar-refractivity contribution in [1.82, 2.24) is 9.88 Å². The third-order valence-electron chi connectivity index (χ3n) is 5.82. The summed E-state index contributed by atoms with van der Waals surface area (Å²) < 4.78 is 0. The molecule has 2 aromatic rings. The molecule has 0 atom stereocenters. The second-order valence-corrected chi connectivity index (χ2v) is 7.36. The maximum absolute atomic E-state index is 12.8. The molecule has 1 amide bonds.